The molecular weight excluding hydrogens is 332 g/mol. The van der Waals surface area contributed by atoms with Gasteiger partial charge in [0.25, 0.3) is 0 Å². The van der Waals surface area contributed by atoms with Gasteiger partial charge in [0.2, 0.25) is 0 Å². The topological polar surface area (TPSA) is 42.0 Å². The molecule has 0 amide bonds. The van der Waals surface area contributed by atoms with Crippen molar-refractivity contribution in [1.82, 2.24) is 9.38 Å². The Morgan fingerprint density at radius 2 is 1.76 bits per heavy atom. The molecule has 25 heavy (non-hydrogen) atoms. The predicted molar refractivity (Wildman–Crippen MR) is 101 cm³/mol. The van der Waals surface area contributed by atoms with Gasteiger partial charge in [0.05, 0.1) is 5.69 Å². The number of fused-ring (bicyclic) bond motifs is 1. The SMILES string of the molecule is Cc1ccc2nc(-c3ccccc3)c(N=Nc3cccc(Cl)c3)n2c1. The Labute approximate surface area is 150 Å². The fraction of sp³-hybridized carbons (Fsp3) is 0.0500. The summed E-state index contributed by atoms with van der Waals surface area (Å²) in [5.74, 6) is 0.699. The first-order chi connectivity index (χ1) is 12.2. The van der Waals surface area contributed by atoms with Gasteiger partial charge in [-0.05, 0) is 36.8 Å². The summed E-state index contributed by atoms with van der Waals surface area (Å²) in [6.07, 6.45) is 2.01. The van der Waals surface area contributed by atoms with Crippen LogP contribution in [0.3, 0.4) is 0 Å². The molecule has 0 saturated carbocycles. The molecule has 0 atom stereocenters. The molecule has 0 fully saturated rings. The molecule has 5 heteroatoms. The molecule has 0 unspecified atom stereocenters. The molecule has 0 radical (unpaired) electrons. The molecule has 2 aromatic heterocycles. The minimum atomic E-state index is 0.633. The van der Waals surface area contributed by atoms with E-state index in [1.165, 1.54) is 0 Å². The summed E-state index contributed by atoms with van der Waals surface area (Å²) in [7, 11) is 0. The van der Waals surface area contributed by atoms with Crippen LogP contribution in [0.5, 0.6) is 0 Å². The van der Waals surface area contributed by atoms with Gasteiger partial charge in [-0.15, -0.1) is 10.2 Å². The largest absolute Gasteiger partial charge is 0.282 e. The summed E-state index contributed by atoms with van der Waals surface area (Å²) < 4.78 is 1.96. The van der Waals surface area contributed by atoms with Crippen LogP contribution >= 0.6 is 11.6 Å². The molecule has 2 aromatic carbocycles. The molecule has 122 valence electrons. The number of aryl methyl sites for hydroxylation is 1. The predicted octanol–water partition coefficient (Wildman–Crippen LogP) is 6.38. The maximum absolute atomic E-state index is 6.03. The van der Waals surface area contributed by atoms with Crippen molar-refractivity contribution >= 4 is 28.8 Å². The summed E-state index contributed by atoms with van der Waals surface area (Å²) in [5.41, 5.74) is 4.48. The van der Waals surface area contributed by atoms with Crippen molar-refractivity contribution < 1.29 is 0 Å². The van der Waals surface area contributed by atoms with Gasteiger partial charge in [-0.1, -0.05) is 54.1 Å². The molecule has 0 aliphatic heterocycles. The van der Waals surface area contributed by atoms with Crippen molar-refractivity contribution in [2.45, 2.75) is 6.92 Å². The first kappa shape index (κ1) is 15.5. The van der Waals surface area contributed by atoms with E-state index < -0.39 is 0 Å². The maximum Gasteiger partial charge on any atom is 0.187 e. The lowest BCUT2D eigenvalue weighted by atomic mass is 10.1. The van der Waals surface area contributed by atoms with Crippen LogP contribution in [0.1, 0.15) is 5.56 Å². The van der Waals surface area contributed by atoms with E-state index >= 15 is 0 Å². The zero-order chi connectivity index (χ0) is 17.2. The summed E-state index contributed by atoms with van der Waals surface area (Å²) in [6.45, 7) is 2.04. The van der Waals surface area contributed by atoms with Crippen molar-refractivity contribution in [2.24, 2.45) is 10.2 Å². The van der Waals surface area contributed by atoms with Crippen molar-refractivity contribution in [3.63, 3.8) is 0 Å². The number of hydrogen-bond acceptors (Lipinski definition) is 3. The van der Waals surface area contributed by atoms with Crippen LogP contribution in [-0.2, 0) is 0 Å². The standard InChI is InChI=1S/C20H15ClN4/c1-14-10-11-18-22-19(15-6-3-2-4-7-15)20(25(18)13-14)24-23-17-9-5-8-16(21)12-17/h2-13H,1H3. The lowest BCUT2D eigenvalue weighted by Crippen LogP contribution is -1.84. The molecule has 0 spiro atoms. The monoisotopic (exact) mass is 346 g/mol. The molecule has 0 N–H and O–H groups in total. The van der Waals surface area contributed by atoms with Gasteiger partial charge in [-0.25, -0.2) is 4.98 Å². The van der Waals surface area contributed by atoms with Crippen molar-refractivity contribution in [1.29, 1.82) is 0 Å². The molecular formula is C20H15ClN4. The van der Waals surface area contributed by atoms with E-state index in [2.05, 4.69) is 10.2 Å². The average Bonchev–Trinajstić information content (AvgIpc) is 2.98. The Morgan fingerprint density at radius 3 is 2.56 bits per heavy atom. The maximum atomic E-state index is 6.03. The van der Waals surface area contributed by atoms with Crippen molar-refractivity contribution in [2.75, 3.05) is 0 Å². The number of pyridine rings is 1. The molecule has 0 aliphatic carbocycles. The lowest BCUT2D eigenvalue weighted by Gasteiger charge is -2.00. The quantitative estimate of drug-likeness (QED) is 0.397. The fourth-order valence-electron chi connectivity index (χ4n) is 2.67. The highest BCUT2D eigenvalue weighted by atomic mass is 35.5. The van der Waals surface area contributed by atoms with Gasteiger partial charge in [-0.3, -0.25) is 4.40 Å². The summed E-state index contributed by atoms with van der Waals surface area (Å²) in [6, 6.07) is 21.3. The summed E-state index contributed by atoms with van der Waals surface area (Å²) in [5, 5.41) is 9.48. The van der Waals surface area contributed by atoms with E-state index in [-0.39, 0.29) is 0 Å². The Hall–Kier alpha value is -2.98. The highest BCUT2D eigenvalue weighted by Gasteiger charge is 2.13. The molecule has 0 bridgehead atoms. The molecule has 4 nitrogen and oxygen atoms in total. The van der Waals surface area contributed by atoms with Gasteiger partial charge in [0.1, 0.15) is 11.3 Å². The lowest BCUT2D eigenvalue weighted by molar-refractivity contribution is 1.09. The second-order valence-electron chi connectivity index (χ2n) is 5.76. The van der Waals surface area contributed by atoms with Gasteiger partial charge >= 0.3 is 0 Å². The zero-order valence-corrected chi connectivity index (χ0v) is 14.4. The van der Waals surface area contributed by atoms with Crippen molar-refractivity contribution in [3.05, 3.63) is 83.5 Å². The average molecular weight is 347 g/mol. The first-order valence-corrected chi connectivity index (χ1v) is 8.30. The molecule has 0 saturated heterocycles. The number of azo groups is 1. The van der Waals surface area contributed by atoms with Crippen LogP contribution in [-0.4, -0.2) is 9.38 Å². The van der Waals surface area contributed by atoms with Crippen LogP contribution in [0.15, 0.2) is 83.2 Å². The van der Waals surface area contributed by atoms with Gasteiger partial charge in [0.15, 0.2) is 5.82 Å². The van der Waals surface area contributed by atoms with Gasteiger partial charge < -0.3 is 0 Å². The highest BCUT2D eigenvalue weighted by Crippen LogP contribution is 2.32. The number of halogens is 1. The van der Waals surface area contributed by atoms with Crippen LogP contribution in [0.2, 0.25) is 5.02 Å². The number of rotatable bonds is 3. The highest BCUT2D eigenvalue weighted by molar-refractivity contribution is 6.30. The second kappa shape index (κ2) is 6.49. The van der Waals surface area contributed by atoms with E-state index in [1.54, 1.807) is 6.07 Å². The van der Waals surface area contributed by atoms with E-state index in [9.17, 15) is 0 Å². The molecule has 2 heterocycles. The Morgan fingerprint density at radius 1 is 0.920 bits per heavy atom. The molecule has 4 rings (SSSR count). The normalized spacial score (nSPS) is 11.4. The zero-order valence-electron chi connectivity index (χ0n) is 13.6. The number of nitrogens with zero attached hydrogens (tertiary/aromatic N) is 4. The smallest absolute Gasteiger partial charge is 0.187 e. The molecule has 0 aliphatic rings. The number of aromatic nitrogens is 2. The van der Waals surface area contributed by atoms with Crippen LogP contribution in [0, 0.1) is 6.92 Å². The molecule has 4 aromatic rings. The van der Waals surface area contributed by atoms with E-state index in [0.717, 1.165) is 22.5 Å². The Kier molecular flexibility index (Phi) is 4.04. The van der Waals surface area contributed by atoms with E-state index in [1.807, 2.05) is 78.2 Å². The Bertz CT molecular complexity index is 1070. The van der Waals surface area contributed by atoms with Crippen LogP contribution in [0.4, 0.5) is 11.5 Å². The second-order valence-corrected chi connectivity index (χ2v) is 6.20. The fourth-order valence-corrected chi connectivity index (χ4v) is 2.85. The third kappa shape index (κ3) is 3.16. The van der Waals surface area contributed by atoms with E-state index in [4.69, 9.17) is 16.6 Å². The van der Waals surface area contributed by atoms with Crippen LogP contribution < -0.4 is 0 Å². The summed E-state index contributed by atoms with van der Waals surface area (Å²) >= 11 is 6.03. The minimum Gasteiger partial charge on any atom is -0.282 e. The van der Waals surface area contributed by atoms with Crippen LogP contribution in [0.25, 0.3) is 16.9 Å². The first-order valence-electron chi connectivity index (χ1n) is 7.92. The van der Waals surface area contributed by atoms with Crippen molar-refractivity contribution in [3.8, 4) is 11.3 Å². The van der Waals surface area contributed by atoms with E-state index in [0.29, 0.717) is 16.5 Å². The Balaban J connectivity index is 1.89. The van der Waals surface area contributed by atoms with Gasteiger partial charge in [0, 0.05) is 16.8 Å². The minimum absolute atomic E-state index is 0.633. The number of benzene rings is 2. The van der Waals surface area contributed by atoms with Gasteiger partial charge in [-0.2, -0.15) is 0 Å². The number of hydrogen-bond donors (Lipinski definition) is 0. The number of imidazole rings is 1. The third-order valence-electron chi connectivity index (χ3n) is 3.86. The summed E-state index contributed by atoms with van der Waals surface area (Å²) in [4.78, 5) is 4.74. The third-order valence-corrected chi connectivity index (χ3v) is 4.09.